The van der Waals surface area contributed by atoms with Gasteiger partial charge in [-0.15, -0.1) is 11.8 Å². The number of piperazine rings is 1. The first-order valence-corrected chi connectivity index (χ1v) is 10.4. The zero-order chi connectivity index (χ0) is 18.5. The van der Waals surface area contributed by atoms with Crippen LogP contribution in [0.2, 0.25) is 5.02 Å². The highest BCUT2D eigenvalue weighted by atomic mass is 35.5. The summed E-state index contributed by atoms with van der Waals surface area (Å²) in [5.74, 6) is 0.668. The Morgan fingerprint density at radius 3 is 2.65 bits per heavy atom. The van der Waals surface area contributed by atoms with Gasteiger partial charge in [-0.05, 0) is 13.0 Å². The van der Waals surface area contributed by atoms with Crippen LogP contribution in [0, 0.1) is 0 Å². The Labute approximate surface area is 163 Å². The van der Waals surface area contributed by atoms with Gasteiger partial charge in [0, 0.05) is 56.4 Å². The molecule has 0 aliphatic carbocycles. The van der Waals surface area contributed by atoms with E-state index in [0.717, 1.165) is 38.3 Å². The third-order valence-corrected chi connectivity index (χ3v) is 6.37. The highest BCUT2D eigenvalue weighted by Crippen LogP contribution is 2.41. The van der Waals surface area contributed by atoms with Gasteiger partial charge in [0.15, 0.2) is 0 Å². The third-order valence-electron chi connectivity index (χ3n) is 4.78. The number of hydrogen-bond donors (Lipinski definition) is 1. The first-order chi connectivity index (χ1) is 12.6. The predicted octanol–water partition coefficient (Wildman–Crippen LogP) is 2.26. The molecular formula is C18H25ClN4O2S. The standard InChI is InChI=1S/C18H25ClN4O2S/c1-2-20-18(25)22-10-7-21(8-11-22)9-12-23-16(24)13-26-17(23)14-5-3-4-6-15(14)19/h3-6,17H,2,7-13H2,1H3,(H,20,25). The van der Waals surface area contributed by atoms with Crippen molar-refractivity contribution in [3.05, 3.63) is 34.9 Å². The lowest BCUT2D eigenvalue weighted by Gasteiger charge is -2.36. The van der Waals surface area contributed by atoms with Crippen LogP contribution in [-0.4, -0.2) is 78.2 Å². The number of hydrogen-bond acceptors (Lipinski definition) is 4. The Morgan fingerprint density at radius 2 is 1.96 bits per heavy atom. The summed E-state index contributed by atoms with van der Waals surface area (Å²) in [6.07, 6.45) is 0. The van der Waals surface area contributed by atoms with E-state index in [0.29, 0.717) is 23.9 Å². The molecule has 6 nitrogen and oxygen atoms in total. The molecular weight excluding hydrogens is 372 g/mol. The molecule has 0 radical (unpaired) electrons. The van der Waals surface area contributed by atoms with Gasteiger partial charge in [-0.25, -0.2) is 4.79 Å². The average Bonchev–Trinajstić information content (AvgIpc) is 3.01. The second-order valence-electron chi connectivity index (χ2n) is 6.44. The SMILES string of the molecule is CCNC(=O)N1CCN(CCN2C(=O)CSC2c2ccccc2Cl)CC1. The summed E-state index contributed by atoms with van der Waals surface area (Å²) in [6, 6.07) is 7.75. The molecule has 142 valence electrons. The van der Waals surface area contributed by atoms with E-state index in [1.807, 2.05) is 41.0 Å². The summed E-state index contributed by atoms with van der Waals surface area (Å²) in [6.45, 7) is 7.20. The molecule has 0 saturated carbocycles. The average molecular weight is 397 g/mol. The Kier molecular flexibility index (Phi) is 6.67. The van der Waals surface area contributed by atoms with Crippen molar-refractivity contribution in [3.8, 4) is 0 Å². The minimum absolute atomic E-state index is 0.00665. The molecule has 1 unspecified atom stereocenters. The van der Waals surface area contributed by atoms with Crippen molar-refractivity contribution in [2.24, 2.45) is 0 Å². The summed E-state index contributed by atoms with van der Waals surface area (Å²) in [4.78, 5) is 30.3. The number of halogens is 1. The van der Waals surface area contributed by atoms with Gasteiger partial charge in [0.05, 0.1) is 5.75 Å². The Hall–Kier alpha value is -1.44. The van der Waals surface area contributed by atoms with E-state index in [1.165, 1.54) is 0 Å². The first-order valence-electron chi connectivity index (χ1n) is 9.00. The fraction of sp³-hybridized carbons (Fsp3) is 0.556. The van der Waals surface area contributed by atoms with Crippen LogP contribution in [0.15, 0.2) is 24.3 Å². The molecule has 3 amide bonds. The van der Waals surface area contributed by atoms with E-state index < -0.39 is 0 Å². The predicted molar refractivity (Wildman–Crippen MR) is 105 cm³/mol. The zero-order valence-electron chi connectivity index (χ0n) is 15.0. The maximum absolute atomic E-state index is 12.3. The van der Waals surface area contributed by atoms with Crippen LogP contribution in [0.1, 0.15) is 17.9 Å². The lowest BCUT2D eigenvalue weighted by molar-refractivity contribution is -0.128. The zero-order valence-corrected chi connectivity index (χ0v) is 16.6. The Balaban J connectivity index is 1.53. The van der Waals surface area contributed by atoms with Gasteiger partial charge in [-0.1, -0.05) is 29.8 Å². The second kappa shape index (κ2) is 8.97. The molecule has 1 N–H and O–H groups in total. The van der Waals surface area contributed by atoms with Crippen molar-refractivity contribution in [3.63, 3.8) is 0 Å². The highest BCUT2D eigenvalue weighted by Gasteiger charge is 2.34. The van der Waals surface area contributed by atoms with Gasteiger partial charge in [-0.3, -0.25) is 9.69 Å². The van der Waals surface area contributed by atoms with E-state index in [2.05, 4.69) is 10.2 Å². The van der Waals surface area contributed by atoms with Crippen molar-refractivity contribution in [1.29, 1.82) is 0 Å². The summed E-state index contributed by atoms with van der Waals surface area (Å²) in [7, 11) is 0. The number of thioether (sulfide) groups is 1. The lowest BCUT2D eigenvalue weighted by atomic mass is 10.2. The summed E-state index contributed by atoms with van der Waals surface area (Å²) < 4.78 is 0. The summed E-state index contributed by atoms with van der Waals surface area (Å²) in [5, 5.41) is 3.54. The molecule has 1 aromatic rings. The van der Waals surface area contributed by atoms with E-state index in [1.54, 1.807) is 11.8 Å². The largest absolute Gasteiger partial charge is 0.338 e. The van der Waals surface area contributed by atoms with E-state index in [-0.39, 0.29) is 17.3 Å². The molecule has 0 bridgehead atoms. The maximum atomic E-state index is 12.3. The number of rotatable bonds is 5. The van der Waals surface area contributed by atoms with Crippen LogP contribution in [0.25, 0.3) is 0 Å². The van der Waals surface area contributed by atoms with Crippen LogP contribution < -0.4 is 5.32 Å². The molecule has 1 atom stereocenters. The highest BCUT2D eigenvalue weighted by molar-refractivity contribution is 8.00. The normalized spacial score (nSPS) is 21.3. The van der Waals surface area contributed by atoms with Crippen LogP contribution in [0.3, 0.4) is 0 Å². The van der Waals surface area contributed by atoms with Crippen molar-refractivity contribution in [2.45, 2.75) is 12.3 Å². The maximum Gasteiger partial charge on any atom is 0.317 e. The van der Waals surface area contributed by atoms with Crippen LogP contribution in [0.5, 0.6) is 0 Å². The number of amides is 3. The second-order valence-corrected chi connectivity index (χ2v) is 7.91. The van der Waals surface area contributed by atoms with Gasteiger partial charge in [0.1, 0.15) is 5.37 Å². The van der Waals surface area contributed by atoms with Crippen LogP contribution in [0.4, 0.5) is 4.79 Å². The topological polar surface area (TPSA) is 55.9 Å². The molecule has 2 saturated heterocycles. The van der Waals surface area contributed by atoms with Crippen LogP contribution >= 0.6 is 23.4 Å². The minimum atomic E-state index is -0.00665. The molecule has 2 heterocycles. The molecule has 2 aliphatic rings. The molecule has 8 heteroatoms. The van der Waals surface area contributed by atoms with Gasteiger partial charge in [-0.2, -0.15) is 0 Å². The molecule has 1 aromatic carbocycles. The Morgan fingerprint density at radius 1 is 1.23 bits per heavy atom. The van der Waals surface area contributed by atoms with Gasteiger partial charge in [0.2, 0.25) is 5.91 Å². The number of urea groups is 1. The minimum Gasteiger partial charge on any atom is -0.338 e. The van der Waals surface area contributed by atoms with E-state index in [9.17, 15) is 9.59 Å². The fourth-order valence-electron chi connectivity index (χ4n) is 3.32. The smallest absolute Gasteiger partial charge is 0.317 e. The van der Waals surface area contributed by atoms with E-state index in [4.69, 9.17) is 11.6 Å². The number of nitrogens with zero attached hydrogens (tertiary/aromatic N) is 3. The summed E-state index contributed by atoms with van der Waals surface area (Å²) in [5.41, 5.74) is 1.01. The van der Waals surface area contributed by atoms with Crippen molar-refractivity contribution < 1.29 is 9.59 Å². The third kappa shape index (κ3) is 4.45. The quantitative estimate of drug-likeness (QED) is 0.829. The van der Waals surface area contributed by atoms with E-state index >= 15 is 0 Å². The van der Waals surface area contributed by atoms with Gasteiger partial charge < -0.3 is 15.1 Å². The molecule has 0 spiro atoms. The molecule has 2 fully saturated rings. The Bertz CT molecular complexity index is 652. The monoisotopic (exact) mass is 396 g/mol. The number of nitrogens with one attached hydrogen (secondary N) is 1. The van der Waals surface area contributed by atoms with Gasteiger partial charge >= 0.3 is 6.03 Å². The number of carbonyl (C=O) groups is 2. The fourth-order valence-corrected chi connectivity index (χ4v) is 4.87. The van der Waals surface area contributed by atoms with Gasteiger partial charge in [0.25, 0.3) is 0 Å². The molecule has 26 heavy (non-hydrogen) atoms. The number of benzene rings is 1. The molecule has 2 aliphatic heterocycles. The van der Waals surface area contributed by atoms with Crippen molar-refractivity contribution in [1.82, 2.24) is 20.0 Å². The first kappa shape index (κ1) is 19.3. The van der Waals surface area contributed by atoms with Crippen molar-refractivity contribution in [2.75, 3.05) is 51.6 Å². The lowest BCUT2D eigenvalue weighted by Crippen LogP contribution is -2.52. The number of carbonyl (C=O) groups excluding carboxylic acids is 2. The summed E-state index contributed by atoms with van der Waals surface area (Å²) >= 11 is 7.97. The van der Waals surface area contributed by atoms with Crippen LogP contribution in [-0.2, 0) is 4.79 Å². The van der Waals surface area contributed by atoms with Crippen molar-refractivity contribution >= 4 is 35.3 Å². The molecule has 0 aromatic heterocycles. The molecule has 3 rings (SSSR count).